The minimum absolute atomic E-state index is 0.0965. The molecule has 1 unspecified atom stereocenters. The fourth-order valence-corrected chi connectivity index (χ4v) is 1.77. The Hall–Kier alpha value is -1.36. The summed E-state index contributed by atoms with van der Waals surface area (Å²) < 4.78 is 5.07. The molecule has 0 spiro atoms. The second-order valence-corrected chi connectivity index (χ2v) is 6.11. The fraction of sp³-hybridized carbons (Fsp3) is 0.733. The highest BCUT2D eigenvalue weighted by Gasteiger charge is 2.17. The number of aliphatic hydroxyl groups excluding tert-OH is 1. The summed E-state index contributed by atoms with van der Waals surface area (Å²) in [5.74, 6) is 0.334. The highest BCUT2D eigenvalue weighted by Crippen LogP contribution is 2.20. The third-order valence-electron chi connectivity index (χ3n) is 3.61. The molecule has 0 aliphatic heterocycles. The minimum atomic E-state index is -0.228. The van der Waals surface area contributed by atoms with E-state index in [4.69, 9.17) is 9.63 Å². The Balaban J connectivity index is 2.38. The molecule has 1 aromatic rings. The Morgan fingerprint density at radius 2 is 2.25 bits per heavy atom. The Morgan fingerprint density at radius 3 is 2.85 bits per heavy atom. The molecule has 2 N–H and O–H groups in total. The van der Waals surface area contributed by atoms with E-state index in [1.807, 2.05) is 13.8 Å². The van der Waals surface area contributed by atoms with E-state index in [9.17, 15) is 4.79 Å². The molecule has 1 aromatic heterocycles. The highest BCUT2D eigenvalue weighted by atomic mass is 16.5. The normalized spacial score (nSPS) is 13.2. The average molecular weight is 282 g/mol. The van der Waals surface area contributed by atoms with Crippen molar-refractivity contribution in [1.82, 2.24) is 10.5 Å². The largest absolute Gasteiger partial charge is 0.396 e. The molecule has 0 radical (unpaired) electrons. The highest BCUT2D eigenvalue weighted by molar-refractivity contribution is 5.91. The molecule has 1 rings (SSSR count). The zero-order valence-electron chi connectivity index (χ0n) is 12.9. The third kappa shape index (κ3) is 4.96. The van der Waals surface area contributed by atoms with Gasteiger partial charge in [-0.15, -0.1) is 0 Å². The summed E-state index contributed by atoms with van der Waals surface area (Å²) in [5, 5.41) is 15.9. The van der Waals surface area contributed by atoms with Crippen molar-refractivity contribution in [1.29, 1.82) is 0 Å². The van der Waals surface area contributed by atoms with Crippen molar-refractivity contribution in [3.8, 4) is 0 Å². The number of aliphatic hydroxyl groups is 1. The lowest BCUT2D eigenvalue weighted by atomic mass is 9.89. The van der Waals surface area contributed by atoms with Crippen LogP contribution < -0.4 is 5.32 Å². The monoisotopic (exact) mass is 282 g/mol. The first kappa shape index (κ1) is 16.7. The van der Waals surface area contributed by atoms with E-state index in [-0.39, 0.29) is 23.7 Å². The van der Waals surface area contributed by atoms with Crippen LogP contribution in [-0.4, -0.2) is 29.3 Å². The molecule has 1 heterocycles. The number of rotatable bonds is 8. The molecule has 0 bridgehead atoms. The summed E-state index contributed by atoms with van der Waals surface area (Å²) in [6, 6.07) is 1.71. The van der Waals surface area contributed by atoms with Crippen molar-refractivity contribution in [2.45, 2.75) is 52.9 Å². The summed E-state index contributed by atoms with van der Waals surface area (Å²) in [6.07, 6.45) is 2.65. The van der Waals surface area contributed by atoms with Gasteiger partial charge in [0.05, 0.1) is 5.69 Å². The van der Waals surface area contributed by atoms with E-state index in [1.54, 1.807) is 6.07 Å². The smallest absolute Gasteiger partial charge is 0.289 e. The van der Waals surface area contributed by atoms with Crippen LogP contribution in [0.5, 0.6) is 0 Å². The van der Waals surface area contributed by atoms with E-state index < -0.39 is 0 Å². The third-order valence-corrected chi connectivity index (χ3v) is 3.61. The topological polar surface area (TPSA) is 75.4 Å². The van der Waals surface area contributed by atoms with Gasteiger partial charge >= 0.3 is 0 Å². The lowest BCUT2D eigenvalue weighted by Crippen LogP contribution is -2.26. The Kier molecular flexibility index (Phi) is 6.20. The summed E-state index contributed by atoms with van der Waals surface area (Å²) in [4.78, 5) is 11.9. The van der Waals surface area contributed by atoms with Crippen LogP contribution in [0.2, 0.25) is 0 Å². The van der Waals surface area contributed by atoms with Gasteiger partial charge in [0, 0.05) is 25.1 Å². The number of carbonyl (C=O) groups excluding carboxylic acids is 1. The van der Waals surface area contributed by atoms with Gasteiger partial charge in [-0.25, -0.2) is 0 Å². The van der Waals surface area contributed by atoms with Crippen LogP contribution >= 0.6 is 0 Å². The number of nitrogens with zero attached hydrogens (tertiary/aromatic N) is 1. The van der Waals surface area contributed by atoms with Crippen molar-refractivity contribution >= 4 is 5.91 Å². The number of carbonyl (C=O) groups is 1. The van der Waals surface area contributed by atoms with E-state index in [0.717, 1.165) is 25.0 Å². The van der Waals surface area contributed by atoms with Gasteiger partial charge in [0.1, 0.15) is 0 Å². The Labute approximate surface area is 120 Å². The fourth-order valence-electron chi connectivity index (χ4n) is 1.77. The Bertz CT molecular complexity index is 427. The van der Waals surface area contributed by atoms with Gasteiger partial charge in [0.15, 0.2) is 0 Å². The first-order chi connectivity index (χ1) is 9.39. The predicted molar refractivity (Wildman–Crippen MR) is 77.6 cm³/mol. The van der Waals surface area contributed by atoms with Crippen molar-refractivity contribution in [3.63, 3.8) is 0 Å². The van der Waals surface area contributed by atoms with Gasteiger partial charge in [-0.2, -0.15) is 0 Å². The quantitative estimate of drug-likeness (QED) is 0.719. The summed E-state index contributed by atoms with van der Waals surface area (Å²) >= 11 is 0. The van der Waals surface area contributed by atoms with E-state index in [2.05, 4.69) is 24.3 Å². The molecule has 5 nitrogen and oxygen atoms in total. The first-order valence-corrected chi connectivity index (χ1v) is 7.25. The van der Waals surface area contributed by atoms with Gasteiger partial charge < -0.3 is 14.9 Å². The van der Waals surface area contributed by atoms with Crippen LogP contribution in [0.3, 0.4) is 0 Å². The van der Waals surface area contributed by atoms with Crippen molar-refractivity contribution < 1.29 is 14.4 Å². The minimum Gasteiger partial charge on any atom is -0.396 e. The predicted octanol–water partition coefficient (Wildman–Crippen LogP) is 2.72. The first-order valence-electron chi connectivity index (χ1n) is 7.25. The van der Waals surface area contributed by atoms with Crippen LogP contribution in [0.1, 0.15) is 69.1 Å². The molecule has 20 heavy (non-hydrogen) atoms. The van der Waals surface area contributed by atoms with Crippen LogP contribution in [0, 0.1) is 5.41 Å². The van der Waals surface area contributed by atoms with Gasteiger partial charge in [0.25, 0.3) is 5.91 Å². The molecule has 0 aliphatic carbocycles. The van der Waals surface area contributed by atoms with Gasteiger partial charge in [-0.3, -0.25) is 4.79 Å². The number of hydrogen-bond acceptors (Lipinski definition) is 4. The molecule has 0 saturated carbocycles. The summed E-state index contributed by atoms with van der Waals surface area (Å²) in [7, 11) is 0. The van der Waals surface area contributed by atoms with Crippen molar-refractivity contribution in [2.75, 3.05) is 13.2 Å². The second-order valence-electron chi connectivity index (χ2n) is 6.11. The molecular weight excluding hydrogens is 256 g/mol. The maximum atomic E-state index is 11.9. The van der Waals surface area contributed by atoms with Gasteiger partial charge in [-0.05, 0) is 24.7 Å². The van der Waals surface area contributed by atoms with Crippen LogP contribution in [0.15, 0.2) is 10.6 Å². The lowest BCUT2D eigenvalue weighted by molar-refractivity contribution is 0.0911. The van der Waals surface area contributed by atoms with E-state index >= 15 is 0 Å². The molecule has 0 fully saturated rings. The van der Waals surface area contributed by atoms with Crippen LogP contribution in [0.25, 0.3) is 0 Å². The molecule has 0 aromatic carbocycles. The molecule has 1 atom stereocenters. The molecule has 114 valence electrons. The van der Waals surface area contributed by atoms with E-state index in [0.29, 0.717) is 12.5 Å². The van der Waals surface area contributed by atoms with Crippen molar-refractivity contribution in [2.24, 2.45) is 5.41 Å². The average Bonchev–Trinajstić information content (AvgIpc) is 2.92. The van der Waals surface area contributed by atoms with Crippen LogP contribution in [-0.2, 0) is 0 Å². The van der Waals surface area contributed by atoms with E-state index in [1.165, 1.54) is 0 Å². The number of aromatic nitrogens is 1. The molecule has 1 amide bonds. The number of nitrogens with one attached hydrogen (secondary N) is 1. The van der Waals surface area contributed by atoms with Crippen LogP contribution in [0.4, 0.5) is 0 Å². The molecule has 5 heteroatoms. The second kappa shape index (κ2) is 7.43. The zero-order chi connectivity index (χ0) is 15.2. The molecule has 0 aliphatic rings. The van der Waals surface area contributed by atoms with Crippen molar-refractivity contribution in [3.05, 3.63) is 17.5 Å². The van der Waals surface area contributed by atoms with Gasteiger partial charge in [-0.1, -0.05) is 32.9 Å². The maximum absolute atomic E-state index is 11.9. The lowest BCUT2D eigenvalue weighted by Gasteiger charge is -2.20. The summed E-state index contributed by atoms with van der Waals surface area (Å²) in [5.41, 5.74) is 0.722. The zero-order valence-corrected chi connectivity index (χ0v) is 12.9. The summed E-state index contributed by atoms with van der Waals surface area (Å²) in [6.45, 7) is 8.86. The number of hydrogen-bond donors (Lipinski definition) is 2. The Morgan fingerprint density at radius 1 is 1.55 bits per heavy atom. The SMILES string of the molecule is CCC(C)c1cc(C(=O)NCCCC(C)(C)CO)on1. The molecule has 0 saturated heterocycles. The number of amides is 1. The standard InChI is InChI=1S/C15H26N2O3/c1-5-11(2)12-9-13(20-17-12)14(19)16-8-6-7-15(3,4)10-18/h9,11,18H,5-8,10H2,1-4H3,(H,16,19). The molecular formula is C15H26N2O3. The maximum Gasteiger partial charge on any atom is 0.289 e. The van der Waals surface area contributed by atoms with Gasteiger partial charge in [0.2, 0.25) is 5.76 Å².